The van der Waals surface area contributed by atoms with E-state index in [1.165, 1.54) is 20.2 Å². The Bertz CT molecular complexity index is 3410. The van der Waals surface area contributed by atoms with Crippen molar-refractivity contribution in [2.24, 2.45) is 0 Å². The molecule has 0 saturated heterocycles. The number of hydrogen-bond acceptors (Lipinski definition) is 5. The summed E-state index contributed by atoms with van der Waals surface area (Å²) in [5.41, 5.74) is 12.2. The zero-order chi connectivity index (χ0) is 37.5. The highest BCUT2D eigenvalue weighted by Crippen LogP contribution is 2.44. The van der Waals surface area contributed by atoms with Gasteiger partial charge < -0.3 is 8.83 Å². The highest BCUT2D eigenvalue weighted by Gasteiger charge is 2.20. The molecule has 4 nitrogen and oxygen atoms in total. The second-order valence-electron chi connectivity index (χ2n) is 14.5. The fourth-order valence-electron chi connectivity index (χ4n) is 8.43. The van der Waals surface area contributed by atoms with Gasteiger partial charge in [0.15, 0.2) is 5.82 Å². The number of furan rings is 2. The maximum atomic E-state index is 6.62. The molecule has 0 N–H and O–H groups in total. The summed E-state index contributed by atoms with van der Waals surface area (Å²) < 4.78 is 15.7. The summed E-state index contributed by atoms with van der Waals surface area (Å²) in [7, 11) is 0. The second-order valence-corrected chi connectivity index (χ2v) is 15.5. The minimum absolute atomic E-state index is 0.673. The molecular weight excluding hydrogens is 717 g/mol. The normalized spacial score (nSPS) is 11.9. The van der Waals surface area contributed by atoms with Gasteiger partial charge in [0.2, 0.25) is 0 Å². The van der Waals surface area contributed by atoms with Gasteiger partial charge >= 0.3 is 0 Å². The molecule has 266 valence electrons. The van der Waals surface area contributed by atoms with Gasteiger partial charge in [-0.15, -0.1) is 11.3 Å². The predicted molar refractivity (Wildman–Crippen MR) is 237 cm³/mol. The van der Waals surface area contributed by atoms with Gasteiger partial charge in [-0.05, 0) is 53.6 Å². The third-order valence-corrected chi connectivity index (χ3v) is 12.3. The average Bonchev–Trinajstić information content (AvgIpc) is 3.98. The fourth-order valence-corrected chi connectivity index (χ4v) is 9.66. The van der Waals surface area contributed by atoms with Crippen molar-refractivity contribution in [3.8, 4) is 56.2 Å². The lowest BCUT2D eigenvalue weighted by Gasteiger charge is -2.14. The summed E-state index contributed by atoms with van der Waals surface area (Å²) >= 11 is 1.81. The van der Waals surface area contributed by atoms with Crippen LogP contribution in [0.15, 0.2) is 191 Å². The SMILES string of the molecule is c1ccc(-c2nc(-c3cc(-c4cccc5c4oc4ccccc45)cc(-c4cccc5c4oc4ccccc45)c3)cc(-c3cccc4c3sc3ccccc34)n2)cc1. The van der Waals surface area contributed by atoms with Gasteiger partial charge in [-0.3, -0.25) is 0 Å². The molecule has 0 saturated carbocycles. The molecule has 5 heteroatoms. The Morgan fingerprint density at radius 1 is 0.351 bits per heavy atom. The van der Waals surface area contributed by atoms with Crippen LogP contribution in [-0.4, -0.2) is 9.97 Å². The number of para-hydroxylation sites is 4. The lowest BCUT2D eigenvalue weighted by Crippen LogP contribution is -1.97. The molecule has 57 heavy (non-hydrogen) atoms. The van der Waals surface area contributed by atoms with E-state index in [1.54, 1.807) is 0 Å². The summed E-state index contributed by atoms with van der Waals surface area (Å²) in [5, 5.41) is 6.86. The maximum Gasteiger partial charge on any atom is 0.160 e. The van der Waals surface area contributed by atoms with Crippen molar-refractivity contribution >= 4 is 75.4 Å². The zero-order valence-corrected chi connectivity index (χ0v) is 31.3. The molecule has 0 spiro atoms. The maximum absolute atomic E-state index is 6.62. The highest BCUT2D eigenvalue weighted by molar-refractivity contribution is 7.26. The number of nitrogens with zero attached hydrogens (tertiary/aromatic N) is 2. The molecule has 4 heterocycles. The molecule has 0 aliphatic carbocycles. The first-order chi connectivity index (χ1) is 28.2. The van der Waals surface area contributed by atoms with Crippen LogP contribution in [0.25, 0.3) is 120 Å². The topological polar surface area (TPSA) is 52.1 Å². The van der Waals surface area contributed by atoms with Crippen LogP contribution in [0.5, 0.6) is 0 Å². The van der Waals surface area contributed by atoms with Crippen molar-refractivity contribution < 1.29 is 8.83 Å². The number of fused-ring (bicyclic) bond motifs is 9. The van der Waals surface area contributed by atoms with Gasteiger partial charge in [-0.1, -0.05) is 140 Å². The van der Waals surface area contributed by atoms with Crippen molar-refractivity contribution in [3.05, 3.63) is 182 Å². The number of benzene rings is 8. The molecule has 12 rings (SSSR count). The van der Waals surface area contributed by atoms with E-state index < -0.39 is 0 Å². The minimum atomic E-state index is 0.673. The van der Waals surface area contributed by atoms with Gasteiger partial charge in [0.25, 0.3) is 0 Å². The van der Waals surface area contributed by atoms with Gasteiger partial charge in [0.05, 0.1) is 11.4 Å². The van der Waals surface area contributed by atoms with Gasteiger partial charge in [-0.2, -0.15) is 0 Å². The van der Waals surface area contributed by atoms with Gasteiger partial charge in [-0.25, -0.2) is 9.97 Å². The van der Waals surface area contributed by atoms with Crippen LogP contribution in [-0.2, 0) is 0 Å². The molecule has 0 unspecified atom stereocenters. The van der Waals surface area contributed by atoms with Crippen LogP contribution in [0, 0.1) is 0 Å². The van der Waals surface area contributed by atoms with E-state index in [9.17, 15) is 0 Å². The Morgan fingerprint density at radius 3 is 1.53 bits per heavy atom. The number of rotatable bonds is 5. The summed E-state index contributed by atoms with van der Waals surface area (Å²) in [6, 6.07) is 63.6. The molecule has 0 radical (unpaired) electrons. The van der Waals surface area contributed by atoms with E-state index >= 15 is 0 Å². The number of hydrogen-bond donors (Lipinski definition) is 0. The molecule has 0 aliphatic rings. The molecule has 8 aromatic carbocycles. The minimum Gasteiger partial charge on any atom is -0.455 e. The quantitative estimate of drug-likeness (QED) is 0.176. The first kappa shape index (κ1) is 32.0. The first-order valence-electron chi connectivity index (χ1n) is 19.1. The van der Waals surface area contributed by atoms with Crippen molar-refractivity contribution in [2.45, 2.75) is 0 Å². The molecule has 0 atom stereocenters. The van der Waals surface area contributed by atoms with Crippen molar-refractivity contribution in [1.82, 2.24) is 9.97 Å². The van der Waals surface area contributed by atoms with Crippen LogP contribution in [0.4, 0.5) is 0 Å². The summed E-state index contributed by atoms with van der Waals surface area (Å²) in [5.74, 6) is 0.673. The molecular formula is C52H30N2O2S. The zero-order valence-electron chi connectivity index (χ0n) is 30.4. The lowest BCUT2D eigenvalue weighted by atomic mass is 9.93. The second kappa shape index (κ2) is 12.6. The summed E-state index contributed by atoms with van der Waals surface area (Å²) in [4.78, 5) is 10.6. The Morgan fingerprint density at radius 2 is 0.860 bits per heavy atom. The van der Waals surface area contributed by atoms with Crippen molar-refractivity contribution in [2.75, 3.05) is 0 Å². The van der Waals surface area contributed by atoms with Gasteiger partial charge in [0.1, 0.15) is 22.3 Å². The number of thiophene rings is 1. The molecule has 0 amide bonds. The van der Waals surface area contributed by atoms with Crippen LogP contribution >= 0.6 is 11.3 Å². The molecule has 4 aromatic heterocycles. The van der Waals surface area contributed by atoms with Gasteiger partial charge in [0, 0.05) is 69.5 Å². The Balaban J connectivity index is 1.14. The van der Waals surface area contributed by atoms with Crippen molar-refractivity contribution in [1.29, 1.82) is 0 Å². The predicted octanol–water partition coefficient (Wildman–Crippen LogP) is 15.0. The summed E-state index contributed by atoms with van der Waals surface area (Å²) in [6.45, 7) is 0. The Labute approximate surface area is 330 Å². The monoisotopic (exact) mass is 746 g/mol. The Kier molecular flexibility index (Phi) is 7.06. The highest BCUT2D eigenvalue weighted by atomic mass is 32.1. The molecule has 0 fully saturated rings. The van der Waals surface area contributed by atoms with Crippen molar-refractivity contribution in [3.63, 3.8) is 0 Å². The smallest absolute Gasteiger partial charge is 0.160 e. The van der Waals surface area contributed by atoms with E-state index in [1.807, 2.05) is 53.8 Å². The number of aromatic nitrogens is 2. The van der Waals surface area contributed by atoms with Crippen LogP contribution in [0.2, 0.25) is 0 Å². The van der Waals surface area contributed by atoms with Crippen LogP contribution in [0.1, 0.15) is 0 Å². The van der Waals surface area contributed by atoms with E-state index in [-0.39, 0.29) is 0 Å². The first-order valence-corrected chi connectivity index (χ1v) is 19.9. The van der Waals surface area contributed by atoms with Crippen LogP contribution < -0.4 is 0 Å². The van der Waals surface area contributed by atoms with E-state index in [0.717, 1.165) is 94.2 Å². The standard InChI is InChI=1S/C52H30N2O2S/c1-2-13-31(14-3-1)52-53-44(30-45(54-52)43-23-12-22-42-39-17-6-9-26-48(39)57-51(42)43)34-28-32(35-18-10-20-40-37-15-4-7-24-46(37)55-49(35)40)27-33(29-34)36-19-11-21-41-38-16-5-8-25-47(38)56-50(36)41/h1-30H. The Hall–Kier alpha value is -7.34. The molecule has 12 aromatic rings. The largest absolute Gasteiger partial charge is 0.455 e. The lowest BCUT2D eigenvalue weighted by molar-refractivity contribution is 0.670. The van der Waals surface area contributed by atoms with E-state index in [0.29, 0.717) is 5.82 Å². The summed E-state index contributed by atoms with van der Waals surface area (Å²) in [6.07, 6.45) is 0. The molecule has 0 aliphatic heterocycles. The fraction of sp³-hybridized carbons (Fsp3) is 0. The van der Waals surface area contributed by atoms with E-state index in [2.05, 4.69) is 140 Å². The van der Waals surface area contributed by atoms with E-state index in [4.69, 9.17) is 18.8 Å². The molecule has 0 bridgehead atoms. The van der Waals surface area contributed by atoms with Crippen LogP contribution in [0.3, 0.4) is 0 Å². The average molecular weight is 747 g/mol. The third-order valence-electron chi connectivity index (χ3n) is 11.1. The third kappa shape index (κ3) is 5.13.